The van der Waals surface area contributed by atoms with E-state index >= 15 is 0 Å². The molecule has 40 heavy (non-hydrogen) atoms. The first-order valence-electron chi connectivity index (χ1n) is 10.8. The second-order valence-corrected chi connectivity index (χ2v) is 16.7. The Bertz CT molecular complexity index is 1530. The van der Waals surface area contributed by atoms with Crippen LogP contribution in [0.15, 0.2) is 11.1 Å². The molecule has 1 amide bonds. The molecule has 9 N–H and O–H groups in total. The average Bonchev–Trinajstić information content (AvgIpc) is 3.26. The lowest BCUT2D eigenvalue weighted by Gasteiger charge is -2.25. The number of aromatic amines is 1. The first kappa shape index (κ1) is 32.8. The molecule has 3 rings (SSSR count). The molecule has 0 bridgehead atoms. The Morgan fingerprint density at radius 1 is 1.07 bits per heavy atom. The van der Waals surface area contributed by atoms with Gasteiger partial charge in [-0.05, 0) is 0 Å². The lowest BCUT2D eigenvalue weighted by molar-refractivity contribution is -0.125. The first-order chi connectivity index (χ1) is 18.1. The molecule has 0 radical (unpaired) electrons. The van der Waals surface area contributed by atoms with E-state index < -0.39 is 84.3 Å². The molecule has 1 saturated heterocycles. The summed E-state index contributed by atoms with van der Waals surface area (Å²) >= 11 is 0. The van der Waals surface area contributed by atoms with Crippen LogP contribution in [0.1, 0.15) is 20.1 Å². The van der Waals surface area contributed by atoms with Crippen LogP contribution in [0.5, 0.6) is 0 Å². The molecule has 2 aromatic rings. The molecule has 0 spiro atoms. The second-order valence-electron chi connectivity index (χ2n) is 8.83. The summed E-state index contributed by atoms with van der Waals surface area (Å²) in [6, 6.07) is 0. The van der Waals surface area contributed by atoms with Crippen molar-refractivity contribution >= 4 is 53.4 Å². The van der Waals surface area contributed by atoms with Crippen LogP contribution in [0.2, 0.25) is 0 Å². The number of imidazole rings is 1. The van der Waals surface area contributed by atoms with Crippen molar-refractivity contribution in [3.63, 3.8) is 0 Å². The van der Waals surface area contributed by atoms with Gasteiger partial charge in [-0.3, -0.25) is 51.8 Å². The molecular weight excluding hydrogens is 630 g/mol. The Labute approximate surface area is 222 Å². The maximum absolute atomic E-state index is 12.5. The van der Waals surface area contributed by atoms with Crippen molar-refractivity contribution in [3.8, 4) is 0 Å². The molecule has 1 aliphatic rings. The second kappa shape index (κ2) is 11.6. The summed E-state index contributed by atoms with van der Waals surface area (Å²) in [6.45, 7) is 3.11. The van der Waals surface area contributed by atoms with Gasteiger partial charge in [-0.15, -0.1) is 0 Å². The maximum atomic E-state index is 12.5. The number of ether oxygens (including phenoxy) is 1. The first-order valence-corrected chi connectivity index (χ1v) is 17.9. The molecule has 1 aliphatic heterocycles. The molecule has 0 aliphatic carbocycles. The number of fused-ring (bicyclic) bond motifs is 1. The molecule has 0 saturated carbocycles. The topological polar surface area (TPSA) is 330 Å². The van der Waals surface area contributed by atoms with E-state index in [4.69, 9.17) is 33.4 Å². The third kappa shape index (κ3) is 8.44. The highest BCUT2D eigenvalue weighted by atomic mass is 31.2. The number of amides is 1. The van der Waals surface area contributed by atoms with E-state index in [2.05, 4.69) is 20.3 Å². The fourth-order valence-electron chi connectivity index (χ4n) is 3.36. The molecule has 21 nitrogen and oxygen atoms in total. The lowest BCUT2D eigenvalue weighted by atomic mass is 10.2. The number of hydrogen-bond donors (Lipinski definition) is 9. The summed E-state index contributed by atoms with van der Waals surface area (Å²) in [6.07, 6.45) is -7.77. The van der Waals surface area contributed by atoms with Gasteiger partial charge < -0.3 is 39.2 Å². The standard InChI is InChI=1S/C15H25N5O16P4/c1-6(2)11(22)18-15-17-10-7(12(23)19-15)16-3-20(10)13-8(21)9(35-39(30,31)4-37(24,25)26)14(34-13)36-40(32,33)5-38(27,28)29/h3,6,8-9,13-14,21H,4-5H2,1-2H3,(H,30,31)(H,32,33)(H2,24,25,26)(H2,27,28,29)(H2,17,18,19,22,23)/t8-,9+,13-,14-/m1/s1. The van der Waals surface area contributed by atoms with Crippen molar-refractivity contribution < 1.29 is 71.3 Å². The van der Waals surface area contributed by atoms with Crippen LogP contribution in [0.3, 0.4) is 0 Å². The molecule has 226 valence electrons. The predicted molar refractivity (Wildman–Crippen MR) is 131 cm³/mol. The van der Waals surface area contributed by atoms with Gasteiger partial charge >= 0.3 is 30.4 Å². The van der Waals surface area contributed by atoms with Crippen molar-refractivity contribution in [1.82, 2.24) is 19.5 Å². The largest absolute Gasteiger partial charge is 0.385 e. The summed E-state index contributed by atoms with van der Waals surface area (Å²) in [5.41, 5.74) is -1.57. The molecule has 2 unspecified atom stereocenters. The van der Waals surface area contributed by atoms with Gasteiger partial charge in [-0.25, -0.2) is 4.98 Å². The van der Waals surface area contributed by atoms with Gasteiger partial charge in [0.1, 0.15) is 12.2 Å². The van der Waals surface area contributed by atoms with Crippen LogP contribution in [0.25, 0.3) is 11.2 Å². The number of nitrogens with zero attached hydrogens (tertiary/aromatic N) is 3. The summed E-state index contributed by atoms with van der Waals surface area (Å²) < 4.78 is 62.8. The Morgan fingerprint density at radius 3 is 2.15 bits per heavy atom. The van der Waals surface area contributed by atoms with Crippen LogP contribution in [-0.2, 0) is 36.8 Å². The van der Waals surface area contributed by atoms with E-state index in [-0.39, 0.29) is 17.1 Å². The number of carbonyl (C=O) groups is 1. The van der Waals surface area contributed by atoms with Gasteiger partial charge in [0.05, 0.1) is 6.33 Å². The molecule has 25 heteroatoms. The Morgan fingerprint density at radius 2 is 1.62 bits per heavy atom. The van der Waals surface area contributed by atoms with Crippen molar-refractivity contribution in [1.29, 1.82) is 0 Å². The average molecular weight is 655 g/mol. The lowest BCUT2D eigenvalue weighted by Crippen LogP contribution is -2.35. The Hall–Kier alpha value is -1.66. The van der Waals surface area contributed by atoms with Crippen molar-refractivity contribution in [3.05, 3.63) is 16.7 Å². The molecule has 2 aromatic heterocycles. The van der Waals surface area contributed by atoms with E-state index in [1.165, 1.54) is 0 Å². The van der Waals surface area contributed by atoms with Crippen molar-refractivity contribution in [2.75, 3.05) is 17.1 Å². The van der Waals surface area contributed by atoms with Gasteiger partial charge in [0.2, 0.25) is 11.9 Å². The fraction of sp³-hybridized carbons (Fsp3) is 0.600. The van der Waals surface area contributed by atoms with Crippen LogP contribution >= 0.6 is 30.4 Å². The SMILES string of the molecule is CC(C)C(=O)Nc1nc2c(ncn2[C@@H]2O[C@H](OP(=O)(O)CP(=O)(O)O)[C@@H](OP(=O)(O)CP(=O)(O)O)[C@H]2O)c(=O)[nH]1. The van der Waals surface area contributed by atoms with Gasteiger partial charge in [0.25, 0.3) is 5.56 Å². The maximum Gasteiger partial charge on any atom is 0.342 e. The number of H-pyrrole nitrogens is 1. The number of carbonyl (C=O) groups excluding carboxylic acids is 1. The van der Waals surface area contributed by atoms with Crippen molar-refractivity contribution in [2.45, 2.75) is 38.6 Å². The van der Waals surface area contributed by atoms with E-state index in [9.17, 15) is 42.7 Å². The number of hydrogen-bond acceptors (Lipinski definition) is 12. The zero-order valence-corrected chi connectivity index (χ0v) is 23.9. The number of rotatable bonds is 11. The Balaban J connectivity index is 2.04. The van der Waals surface area contributed by atoms with E-state index in [0.717, 1.165) is 10.9 Å². The Kier molecular flexibility index (Phi) is 9.49. The molecule has 0 aromatic carbocycles. The smallest absolute Gasteiger partial charge is 0.342 e. The summed E-state index contributed by atoms with van der Waals surface area (Å²) in [7, 11) is -20.9. The predicted octanol–water partition coefficient (Wildman–Crippen LogP) is -1.03. The highest BCUT2D eigenvalue weighted by Gasteiger charge is 2.53. The highest BCUT2D eigenvalue weighted by Crippen LogP contribution is 2.60. The van der Waals surface area contributed by atoms with Crippen LogP contribution in [0.4, 0.5) is 5.95 Å². The minimum atomic E-state index is -5.29. The normalized spacial score (nSPS) is 25.1. The van der Waals surface area contributed by atoms with Gasteiger partial charge in [-0.1, -0.05) is 13.8 Å². The van der Waals surface area contributed by atoms with Crippen molar-refractivity contribution in [2.24, 2.45) is 5.92 Å². The molecular formula is C15H25N5O16P4. The van der Waals surface area contributed by atoms with Gasteiger partial charge in [-0.2, -0.15) is 4.98 Å². The summed E-state index contributed by atoms with van der Waals surface area (Å²) in [5, 5.41) is 13.2. The minimum Gasteiger partial charge on any atom is -0.385 e. The van der Waals surface area contributed by atoms with Gasteiger partial charge in [0, 0.05) is 5.92 Å². The van der Waals surface area contributed by atoms with E-state index in [1.54, 1.807) is 13.8 Å². The number of aliphatic hydroxyl groups excluding tert-OH is 1. The summed E-state index contributed by atoms with van der Waals surface area (Å²) in [4.78, 5) is 90.7. The highest BCUT2D eigenvalue weighted by molar-refractivity contribution is 7.70. The number of aromatic nitrogens is 4. The molecule has 3 heterocycles. The van der Waals surface area contributed by atoms with Crippen LogP contribution in [0, 0.1) is 5.92 Å². The number of nitrogens with one attached hydrogen (secondary N) is 2. The van der Waals surface area contributed by atoms with Crippen LogP contribution < -0.4 is 10.9 Å². The summed E-state index contributed by atoms with van der Waals surface area (Å²) in [5.74, 6) is -4.90. The number of aliphatic hydroxyl groups is 1. The molecule has 1 fully saturated rings. The minimum absolute atomic E-state index is 0.351. The van der Waals surface area contributed by atoms with E-state index in [0.29, 0.717) is 0 Å². The monoisotopic (exact) mass is 655 g/mol. The third-order valence-corrected chi connectivity index (χ3v) is 11.8. The molecule has 6 atom stereocenters. The zero-order chi connectivity index (χ0) is 30.4. The van der Waals surface area contributed by atoms with E-state index in [1.807, 2.05) is 0 Å². The van der Waals surface area contributed by atoms with Crippen LogP contribution in [-0.4, -0.2) is 90.2 Å². The quantitative estimate of drug-likeness (QED) is 0.131. The number of anilines is 1. The van der Waals surface area contributed by atoms with Gasteiger partial charge in [0.15, 0.2) is 35.5 Å². The fourth-order valence-corrected chi connectivity index (χ4v) is 8.72. The third-order valence-electron chi connectivity index (χ3n) is 4.92. The zero-order valence-electron chi connectivity index (χ0n) is 20.3.